The van der Waals surface area contributed by atoms with E-state index in [2.05, 4.69) is 83.1 Å². The molecule has 0 spiro atoms. The van der Waals surface area contributed by atoms with Crippen LogP contribution in [0, 0.1) is 0 Å². The Morgan fingerprint density at radius 1 is 0.421 bits per heavy atom. The Morgan fingerprint density at radius 2 is 0.579 bits per heavy atom. The van der Waals surface area contributed by atoms with Crippen LogP contribution in [0.15, 0.2) is 0 Å². The van der Waals surface area contributed by atoms with Crippen LogP contribution in [-0.4, -0.2) is 13.8 Å². The molecule has 0 saturated heterocycles. The molecule has 0 amide bonds. The molecular weight excluding hydrogens is 230 g/mol. The SMILES string of the molecule is CC(C)(C)B(OB(C(C)(C)C)C(C)(C)C)C(C)(C)C. The van der Waals surface area contributed by atoms with Gasteiger partial charge in [0.2, 0.25) is 0 Å². The minimum absolute atomic E-state index is 0.146. The Bertz CT molecular complexity index is 226. The zero-order valence-corrected chi connectivity index (χ0v) is 15.6. The van der Waals surface area contributed by atoms with E-state index in [9.17, 15) is 0 Å². The van der Waals surface area contributed by atoms with Crippen LogP contribution in [0.5, 0.6) is 0 Å². The first-order chi connectivity index (χ1) is 7.97. The van der Waals surface area contributed by atoms with Crippen molar-refractivity contribution in [2.75, 3.05) is 0 Å². The standard InChI is InChI=1S/C16H36B2O/c1-13(2,3)17(14(4,5)6)19-18(15(7,8)9)16(10,11)12/h1-12H3. The van der Waals surface area contributed by atoms with E-state index in [1.54, 1.807) is 0 Å². The molecule has 0 aromatic carbocycles. The lowest BCUT2D eigenvalue weighted by Crippen LogP contribution is -2.49. The van der Waals surface area contributed by atoms with Gasteiger partial charge in [-0.05, 0) is 21.3 Å². The molecular formula is C16H36B2O. The van der Waals surface area contributed by atoms with Gasteiger partial charge in [0.05, 0.1) is 0 Å². The Hall–Kier alpha value is 0.0899. The molecule has 0 aliphatic rings. The van der Waals surface area contributed by atoms with E-state index < -0.39 is 0 Å². The zero-order valence-electron chi connectivity index (χ0n) is 15.6. The Kier molecular flexibility index (Phi) is 5.49. The van der Waals surface area contributed by atoms with Crippen LogP contribution < -0.4 is 0 Å². The normalized spacial score (nSPS) is 14.5. The molecule has 112 valence electrons. The van der Waals surface area contributed by atoms with Crippen LogP contribution in [0.25, 0.3) is 0 Å². The Balaban J connectivity index is 5.43. The van der Waals surface area contributed by atoms with Gasteiger partial charge in [-0.1, -0.05) is 83.1 Å². The van der Waals surface area contributed by atoms with Gasteiger partial charge in [-0.2, -0.15) is 0 Å². The topological polar surface area (TPSA) is 9.23 Å². The highest BCUT2D eigenvalue weighted by Crippen LogP contribution is 2.48. The second-order valence-corrected chi connectivity index (χ2v) is 10.4. The fourth-order valence-electron chi connectivity index (χ4n) is 3.55. The van der Waals surface area contributed by atoms with Crippen LogP contribution >= 0.6 is 0 Å². The fraction of sp³-hybridized carbons (Fsp3) is 1.00. The van der Waals surface area contributed by atoms with E-state index in [-0.39, 0.29) is 35.1 Å². The van der Waals surface area contributed by atoms with E-state index in [0.717, 1.165) is 0 Å². The van der Waals surface area contributed by atoms with Crippen LogP contribution in [0.2, 0.25) is 21.3 Å². The van der Waals surface area contributed by atoms with Gasteiger partial charge in [0.25, 0.3) is 13.8 Å². The molecule has 0 saturated carbocycles. The third-order valence-corrected chi connectivity index (χ3v) is 3.42. The van der Waals surface area contributed by atoms with E-state index in [1.165, 1.54) is 0 Å². The Labute approximate surface area is 123 Å². The zero-order chi connectivity index (χ0) is 15.9. The van der Waals surface area contributed by atoms with Crippen molar-refractivity contribution in [2.24, 2.45) is 0 Å². The molecule has 0 unspecified atom stereocenters. The Morgan fingerprint density at radius 3 is 0.684 bits per heavy atom. The minimum Gasteiger partial charge on any atom is -0.497 e. The van der Waals surface area contributed by atoms with Crippen LogP contribution in [-0.2, 0) is 4.57 Å². The molecule has 0 heterocycles. The minimum atomic E-state index is 0.146. The smallest absolute Gasteiger partial charge is 0.287 e. The van der Waals surface area contributed by atoms with Gasteiger partial charge in [-0.3, -0.25) is 0 Å². The first kappa shape index (κ1) is 19.1. The molecule has 3 heteroatoms. The van der Waals surface area contributed by atoms with Gasteiger partial charge in [0.15, 0.2) is 0 Å². The van der Waals surface area contributed by atoms with Crippen LogP contribution in [0.1, 0.15) is 83.1 Å². The molecule has 0 rings (SSSR count). The summed E-state index contributed by atoms with van der Waals surface area (Å²) in [5, 5.41) is 0.583. The third-order valence-electron chi connectivity index (χ3n) is 3.42. The summed E-state index contributed by atoms with van der Waals surface area (Å²) < 4.78 is 6.71. The molecule has 0 atom stereocenters. The first-order valence-corrected chi connectivity index (χ1v) is 7.63. The fourth-order valence-corrected chi connectivity index (χ4v) is 3.55. The number of hydrogen-bond donors (Lipinski definition) is 0. The summed E-state index contributed by atoms with van der Waals surface area (Å²) in [4.78, 5) is 0. The molecule has 0 aromatic rings. The van der Waals surface area contributed by atoms with Gasteiger partial charge in [0, 0.05) is 0 Å². The van der Waals surface area contributed by atoms with E-state index in [0.29, 0.717) is 0 Å². The average molecular weight is 266 g/mol. The summed E-state index contributed by atoms with van der Waals surface area (Å²) >= 11 is 0. The number of rotatable bonds is 2. The largest absolute Gasteiger partial charge is 0.497 e. The summed E-state index contributed by atoms with van der Waals surface area (Å²) in [6.07, 6.45) is 0. The van der Waals surface area contributed by atoms with Crippen molar-refractivity contribution in [3.8, 4) is 0 Å². The van der Waals surface area contributed by atoms with E-state index in [4.69, 9.17) is 4.57 Å². The molecule has 1 nitrogen and oxygen atoms in total. The lowest BCUT2D eigenvalue weighted by atomic mass is 9.29. The first-order valence-electron chi connectivity index (χ1n) is 7.63. The maximum Gasteiger partial charge on any atom is 0.287 e. The number of hydrogen-bond acceptors (Lipinski definition) is 1. The predicted molar refractivity (Wildman–Crippen MR) is 91.5 cm³/mol. The second kappa shape index (κ2) is 5.47. The van der Waals surface area contributed by atoms with Crippen molar-refractivity contribution in [1.82, 2.24) is 0 Å². The van der Waals surface area contributed by atoms with Crippen molar-refractivity contribution < 1.29 is 4.57 Å². The molecule has 0 aliphatic heterocycles. The highest BCUT2D eigenvalue weighted by molar-refractivity contribution is 6.72. The molecule has 0 N–H and O–H groups in total. The second-order valence-electron chi connectivity index (χ2n) is 10.4. The van der Waals surface area contributed by atoms with Gasteiger partial charge < -0.3 is 4.57 Å². The quantitative estimate of drug-likeness (QED) is 0.541. The average Bonchev–Trinajstić information content (AvgIpc) is 1.91. The molecule has 0 fully saturated rings. The van der Waals surface area contributed by atoms with Gasteiger partial charge in [0.1, 0.15) is 0 Å². The van der Waals surface area contributed by atoms with Gasteiger partial charge in [-0.15, -0.1) is 0 Å². The molecule has 0 aliphatic carbocycles. The van der Waals surface area contributed by atoms with Crippen LogP contribution in [0.4, 0.5) is 0 Å². The molecule has 19 heavy (non-hydrogen) atoms. The van der Waals surface area contributed by atoms with E-state index in [1.807, 2.05) is 0 Å². The predicted octanol–water partition coefficient (Wildman–Crippen LogP) is 6.19. The summed E-state index contributed by atoms with van der Waals surface area (Å²) in [6, 6.07) is 0. The van der Waals surface area contributed by atoms with Crippen molar-refractivity contribution in [3.63, 3.8) is 0 Å². The summed E-state index contributed by atoms with van der Waals surface area (Å²) in [6.45, 7) is 27.9. The van der Waals surface area contributed by atoms with Crippen molar-refractivity contribution in [1.29, 1.82) is 0 Å². The maximum absolute atomic E-state index is 6.71. The molecule has 0 radical (unpaired) electrons. The van der Waals surface area contributed by atoms with Crippen molar-refractivity contribution in [3.05, 3.63) is 0 Å². The summed E-state index contributed by atoms with van der Waals surface area (Å²) in [5.41, 5.74) is 0. The van der Waals surface area contributed by atoms with Gasteiger partial charge >= 0.3 is 0 Å². The monoisotopic (exact) mass is 266 g/mol. The molecule has 0 bridgehead atoms. The lowest BCUT2D eigenvalue weighted by molar-refractivity contribution is 0.414. The van der Waals surface area contributed by atoms with Crippen LogP contribution in [0.3, 0.4) is 0 Å². The highest BCUT2D eigenvalue weighted by Gasteiger charge is 2.48. The highest BCUT2D eigenvalue weighted by atomic mass is 16.4. The summed E-state index contributed by atoms with van der Waals surface area (Å²) in [5.74, 6) is 0. The van der Waals surface area contributed by atoms with E-state index >= 15 is 0 Å². The maximum atomic E-state index is 6.71. The lowest BCUT2D eigenvalue weighted by Gasteiger charge is -2.45. The van der Waals surface area contributed by atoms with Crippen molar-refractivity contribution >= 4 is 13.8 Å². The van der Waals surface area contributed by atoms with Crippen molar-refractivity contribution in [2.45, 2.75) is 104 Å². The van der Waals surface area contributed by atoms with Gasteiger partial charge in [-0.25, -0.2) is 0 Å². The summed E-state index contributed by atoms with van der Waals surface area (Å²) in [7, 11) is 0. The third kappa shape index (κ3) is 5.94. The molecule has 0 aromatic heterocycles.